The van der Waals surface area contributed by atoms with Gasteiger partial charge in [0, 0.05) is 26.2 Å². The van der Waals surface area contributed by atoms with Crippen molar-refractivity contribution in [3.63, 3.8) is 0 Å². The number of hydrogen-bond donors (Lipinski definition) is 2. The van der Waals surface area contributed by atoms with E-state index in [0.717, 1.165) is 6.07 Å². The van der Waals surface area contributed by atoms with Crippen LogP contribution in [0.15, 0.2) is 18.2 Å². The Hall–Kier alpha value is -2.15. The first-order valence-electron chi connectivity index (χ1n) is 6.09. The molecule has 108 valence electrons. The molecule has 0 unspecified atom stereocenters. The molecular formula is C13H15FN2O4. The third-order valence-electron chi connectivity index (χ3n) is 3.03. The Morgan fingerprint density at radius 1 is 1.60 bits per heavy atom. The average molecular weight is 282 g/mol. The van der Waals surface area contributed by atoms with Crippen LogP contribution in [0.3, 0.4) is 0 Å². The van der Waals surface area contributed by atoms with Crippen molar-refractivity contribution in [3.8, 4) is 5.75 Å². The van der Waals surface area contributed by atoms with Crippen molar-refractivity contribution < 1.29 is 23.8 Å². The number of benzene rings is 1. The lowest BCUT2D eigenvalue weighted by Gasteiger charge is -2.29. The van der Waals surface area contributed by atoms with E-state index in [2.05, 4.69) is 5.32 Å². The molecule has 1 aromatic carbocycles. The van der Waals surface area contributed by atoms with Gasteiger partial charge < -0.3 is 20.1 Å². The lowest BCUT2D eigenvalue weighted by Crippen LogP contribution is -2.48. The highest BCUT2D eigenvalue weighted by atomic mass is 19.1. The molecule has 1 aliphatic heterocycles. The van der Waals surface area contributed by atoms with Gasteiger partial charge in [-0.05, 0) is 12.1 Å². The maximum atomic E-state index is 13.5. The number of phenols is 1. The van der Waals surface area contributed by atoms with E-state index in [9.17, 15) is 14.0 Å². The quantitative estimate of drug-likeness (QED) is 0.825. The number of ether oxygens (including phenoxy) is 1. The first kappa shape index (κ1) is 14.3. The molecule has 6 nitrogen and oxygen atoms in total. The summed E-state index contributed by atoms with van der Waals surface area (Å²) in [6.45, 7) is 0.526. The topological polar surface area (TPSA) is 78.9 Å². The minimum Gasteiger partial charge on any atom is -0.508 e. The van der Waals surface area contributed by atoms with Gasteiger partial charge in [0.2, 0.25) is 5.91 Å². The van der Waals surface area contributed by atoms with Gasteiger partial charge in [-0.1, -0.05) is 0 Å². The highest BCUT2D eigenvalue weighted by Gasteiger charge is 2.24. The number of rotatable bonds is 3. The number of likely N-dealkylation sites (N-methyl/N-ethyl adjacent to an activating group) is 1. The maximum Gasteiger partial charge on any atom is 0.254 e. The number of phenolic OH excluding ortho intramolecular Hbond substituents is 1. The molecule has 1 fully saturated rings. The first-order chi connectivity index (χ1) is 9.47. The van der Waals surface area contributed by atoms with Crippen LogP contribution in [0.1, 0.15) is 10.4 Å². The van der Waals surface area contributed by atoms with Gasteiger partial charge in [-0.2, -0.15) is 0 Å². The number of nitrogens with zero attached hydrogens (tertiary/aromatic N) is 1. The molecule has 1 saturated heterocycles. The van der Waals surface area contributed by atoms with Crippen LogP contribution in [-0.2, 0) is 9.53 Å². The van der Waals surface area contributed by atoms with Crippen LogP contribution in [0.5, 0.6) is 5.75 Å². The van der Waals surface area contributed by atoms with Gasteiger partial charge in [0.25, 0.3) is 5.91 Å². The highest BCUT2D eigenvalue weighted by Crippen LogP contribution is 2.15. The Morgan fingerprint density at radius 3 is 3.00 bits per heavy atom. The zero-order valence-electron chi connectivity index (χ0n) is 10.9. The Morgan fingerprint density at radius 2 is 2.35 bits per heavy atom. The number of morpholine rings is 1. The van der Waals surface area contributed by atoms with Crippen molar-refractivity contribution in [2.75, 3.05) is 26.7 Å². The largest absolute Gasteiger partial charge is 0.508 e. The molecule has 2 N–H and O–H groups in total. The van der Waals surface area contributed by atoms with Gasteiger partial charge in [0.15, 0.2) is 0 Å². The Bertz CT molecular complexity index is 535. The molecule has 0 radical (unpaired) electrons. The summed E-state index contributed by atoms with van der Waals surface area (Å²) in [5, 5.41) is 11.6. The van der Waals surface area contributed by atoms with Crippen LogP contribution in [0, 0.1) is 5.82 Å². The molecule has 0 bridgehead atoms. The molecule has 0 spiro atoms. The third kappa shape index (κ3) is 3.24. The van der Waals surface area contributed by atoms with Crippen LogP contribution in [0.4, 0.5) is 4.39 Å². The lowest BCUT2D eigenvalue weighted by atomic mass is 10.2. The fourth-order valence-corrected chi connectivity index (χ4v) is 1.87. The summed E-state index contributed by atoms with van der Waals surface area (Å²) in [5.74, 6) is -1.74. The minimum absolute atomic E-state index is 0.0232. The lowest BCUT2D eigenvalue weighted by molar-refractivity contribution is -0.146. The second-order valence-corrected chi connectivity index (χ2v) is 4.58. The molecule has 0 aliphatic carbocycles. The van der Waals surface area contributed by atoms with Crippen LogP contribution >= 0.6 is 0 Å². The molecule has 7 heteroatoms. The number of carbonyl (C=O) groups is 2. The van der Waals surface area contributed by atoms with E-state index in [0.29, 0.717) is 6.54 Å². The summed E-state index contributed by atoms with van der Waals surface area (Å²) in [6.07, 6.45) is -0.318. The van der Waals surface area contributed by atoms with Crippen molar-refractivity contribution >= 4 is 11.8 Å². The standard InChI is InChI=1S/C13H15FN2O4/c1-16-6-9(20-7-12(16)18)5-15-13(19)10-3-2-8(17)4-11(10)14/h2-4,9,17H,5-7H2,1H3,(H,15,19)/t9-/m1/s1. The molecule has 0 saturated carbocycles. The minimum atomic E-state index is -0.792. The fraction of sp³-hybridized carbons (Fsp3) is 0.385. The van der Waals surface area contributed by atoms with Gasteiger partial charge in [0.05, 0.1) is 11.7 Å². The third-order valence-corrected chi connectivity index (χ3v) is 3.03. The van der Waals surface area contributed by atoms with E-state index < -0.39 is 11.7 Å². The van der Waals surface area contributed by atoms with E-state index in [4.69, 9.17) is 9.84 Å². The fourth-order valence-electron chi connectivity index (χ4n) is 1.87. The monoisotopic (exact) mass is 282 g/mol. The predicted octanol–water partition coefficient (Wildman–Crippen LogP) is 0.118. The molecule has 1 aromatic rings. The summed E-state index contributed by atoms with van der Waals surface area (Å²) in [4.78, 5) is 24.5. The molecule has 1 aliphatic rings. The highest BCUT2D eigenvalue weighted by molar-refractivity contribution is 5.94. The van der Waals surface area contributed by atoms with Crippen molar-refractivity contribution in [3.05, 3.63) is 29.6 Å². The average Bonchev–Trinajstić information content (AvgIpc) is 2.40. The van der Waals surface area contributed by atoms with Crippen molar-refractivity contribution in [2.45, 2.75) is 6.10 Å². The molecule has 2 amide bonds. The zero-order valence-corrected chi connectivity index (χ0v) is 10.9. The summed E-state index contributed by atoms with van der Waals surface area (Å²) < 4.78 is 18.7. The second-order valence-electron chi connectivity index (χ2n) is 4.58. The molecule has 1 atom stereocenters. The molecule has 0 aromatic heterocycles. The van der Waals surface area contributed by atoms with E-state index in [-0.39, 0.29) is 36.5 Å². The van der Waals surface area contributed by atoms with Gasteiger partial charge in [0.1, 0.15) is 18.2 Å². The number of aromatic hydroxyl groups is 1. The number of amides is 2. The van der Waals surface area contributed by atoms with Crippen molar-refractivity contribution in [1.82, 2.24) is 10.2 Å². The van der Waals surface area contributed by atoms with Gasteiger partial charge >= 0.3 is 0 Å². The van der Waals surface area contributed by atoms with Crippen LogP contribution in [0.25, 0.3) is 0 Å². The van der Waals surface area contributed by atoms with Gasteiger partial charge in [-0.3, -0.25) is 9.59 Å². The molecule has 2 rings (SSSR count). The zero-order chi connectivity index (χ0) is 14.7. The van der Waals surface area contributed by atoms with E-state index >= 15 is 0 Å². The maximum absolute atomic E-state index is 13.5. The van der Waals surface area contributed by atoms with E-state index in [1.165, 1.54) is 17.0 Å². The number of carbonyl (C=O) groups excluding carboxylic acids is 2. The van der Waals surface area contributed by atoms with Crippen molar-refractivity contribution in [1.29, 1.82) is 0 Å². The normalized spacial score (nSPS) is 19.0. The first-order valence-corrected chi connectivity index (χ1v) is 6.09. The second kappa shape index (κ2) is 5.87. The summed E-state index contributed by atoms with van der Waals surface area (Å²) >= 11 is 0. The molecule has 1 heterocycles. The van der Waals surface area contributed by atoms with Crippen molar-refractivity contribution in [2.24, 2.45) is 0 Å². The van der Waals surface area contributed by atoms with Crippen LogP contribution in [-0.4, -0.2) is 54.7 Å². The number of nitrogens with one attached hydrogen (secondary N) is 1. The SMILES string of the molecule is CN1C[C@@H](CNC(=O)c2ccc(O)cc2F)OCC1=O. The Balaban J connectivity index is 1.91. The molecular weight excluding hydrogens is 267 g/mol. The van der Waals surface area contributed by atoms with E-state index in [1.807, 2.05) is 0 Å². The van der Waals surface area contributed by atoms with Gasteiger partial charge in [-0.15, -0.1) is 0 Å². The Kier molecular flexibility index (Phi) is 4.19. The number of halogens is 1. The smallest absolute Gasteiger partial charge is 0.254 e. The summed E-state index contributed by atoms with van der Waals surface area (Å²) in [5.41, 5.74) is -0.150. The van der Waals surface area contributed by atoms with Crippen LogP contribution < -0.4 is 5.32 Å². The Labute approximate surface area is 115 Å². The molecule has 20 heavy (non-hydrogen) atoms. The van der Waals surface area contributed by atoms with Gasteiger partial charge in [-0.25, -0.2) is 4.39 Å². The summed E-state index contributed by atoms with van der Waals surface area (Å²) in [6, 6.07) is 3.32. The van der Waals surface area contributed by atoms with E-state index in [1.54, 1.807) is 7.05 Å². The number of hydrogen-bond acceptors (Lipinski definition) is 4. The summed E-state index contributed by atoms with van der Waals surface area (Å²) in [7, 11) is 1.65. The van der Waals surface area contributed by atoms with Crippen LogP contribution in [0.2, 0.25) is 0 Å². The predicted molar refractivity (Wildman–Crippen MR) is 67.8 cm³/mol.